The summed E-state index contributed by atoms with van der Waals surface area (Å²) in [6, 6.07) is 3.18. The van der Waals surface area contributed by atoms with E-state index >= 15 is 0 Å². The molecule has 0 saturated carbocycles. The molecular formula is C21H26N4O4. The Hall–Kier alpha value is -3.03. The Bertz CT molecular complexity index is 891. The summed E-state index contributed by atoms with van der Waals surface area (Å²) in [6.45, 7) is 6.17. The summed E-state index contributed by atoms with van der Waals surface area (Å²) in [5.41, 5.74) is 0.270. The smallest absolute Gasteiger partial charge is 0.291 e. The first-order valence-corrected chi connectivity index (χ1v) is 9.81. The molecule has 1 aliphatic rings. The Morgan fingerprint density at radius 3 is 2.83 bits per heavy atom. The van der Waals surface area contributed by atoms with Gasteiger partial charge in [0.05, 0.1) is 6.04 Å². The second-order valence-corrected chi connectivity index (χ2v) is 7.83. The van der Waals surface area contributed by atoms with E-state index in [1.165, 1.54) is 11.3 Å². The zero-order chi connectivity index (χ0) is 21.0. The quantitative estimate of drug-likeness (QED) is 0.719. The predicted molar refractivity (Wildman–Crippen MR) is 105 cm³/mol. The molecule has 8 nitrogen and oxygen atoms in total. The second-order valence-electron chi connectivity index (χ2n) is 7.83. The van der Waals surface area contributed by atoms with Crippen LogP contribution in [0.2, 0.25) is 0 Å². The maximum absolute atomic E-state index is 12.9. The molecule has 1 N–H and O–H groups in total. The third-order valence-electron chi connectivity index (χ3n) is 5.49. The third kappa shape index (κ3) is 4.36. The summed E-state index contributed by atoms with van der Waals surface area (Å²) in [5, 5.41) is 2.79. The fourth-order valence-corrected chi connectivity index (χ4v) is 3.29. The van der Waals surface area contributed by atoms with Crippen LogP contribution in [0.3, 0.4) is 0 Å². The van der Waals surface area contributed by atoms with Gasteiger partial charge in [0.15, 0.2) is 17.8 Å². The van der Waals surface area contributed by atoms with E-state index in [2.05, 4.69) is 15.3 Å². The van der Waals surface area contributed by atoms with Gasteiger partial charge in [0.25, 0.3) is 11.8 Å². The molecule has 1 atom stereocenters. The standard InChI is InChI=1S/C21H26N4O4/c1-4-21(2,3)18(26)20(28)25-10-6-8-15(25)17-16(24-13-29-17)19(27)23-12-14-7-5-9-22-11-14/h5,7,9,11,13,15H,4,6,8,10,12H2,1-3H3,(H,23,27). The van der Waals surface area contributed by atoms with E-state index in [1.807, 2.05) is 13.0 Å². The van der Waals surface area contributed by atoms with Crippen LogP contribution in [-0.4, -0.2) is 39.0 Å². The Kier molecular flexibility index (Phi) is 6.10. The highest BCUT2D eigenvalue weighted by molar-refractivity contribution is 6.38. The van der Waals surface area contributed by atoms with Crippen molar-refractivity contribution >= 4 is 17.6 Å². The van der Waals surface area contributed by atoms with Crippen molar-refractivity contribution in [2.75, 3.05) is 6.54 Å². The average Bonchev–Trinajstić information content (AvgIpc) is 3.40. The van der Waals surface area contributed by atoms with Gasteiger partial charge in [-0.1, -0.05) is 26.8 Å². The van der Waals surface area contributed by atoms with Crippen LogP contribution in [-0.2, 0) is 16.1 Å². The lowest BCUT2D eigenvalue weighted by atomic mass is 9.84. The lowest BCUT2D eigenvalue weighted by Crippen LogP contribution is -2.42. The number of pyridine rings is 1. The molecule has 8 heteroatoms. The lowest BCUT2D eigenvalue weighted by molar-refractivity contribution is -0.150. The average molecular weight is 398 g/mol. The predicted octanol–water partition coefficient (Wildman–Crippen LogP) is 2.67. The third-order valence-corrected chi connectivity index (χ3v) is 5.49. The molecule has 2 aromatic heterocycles. The van der Waals surface area contributed by atoms with Crippen molar-refractivity contribution in [2.24, 2.45) is 5.41 Å². The number of carbonyl (C=O) groups is 3. The van der Waals surface area contributed by atoms with Crippen molar-refractivity contribution in [1.82, 2.24) is 20.2 Å². The molecule has 0 aromatic carbocycles. The highest BCUT2D eigenvalue weighted by atomic mass is 16.3. The summed E-state index contributed by atoms with van der Waals surface area (Å²) < 4.78 is 5.50. The monoisotopic (exact) mass is 398 g/mol. The van der Waals surface area contributed by atoms with E-state index in [0.717, 1.165) is 12.0 Å². The fourth-order valence-electron chi connectivity index (χ4n) is 3.29. The van der Waals surface area contributed by atoms with Gasteiger partial charge < -0.3 is 14.6 Å². The highest BCUT2D eigenvalue weighted by Crippen LogP contribution is 2.35. The SMILES string of the molecule is CCC(C)(C)C(=O)C(=O)N1CCCC1c1ocnc1C(=O)NCc1cccnc1. The van der Waals surface area contributed by atoms with Crippen molar-refractivity contribution < 1.29 is 18.8 Å². The number of likely N-dealkylation sites (tertiary alicyclic amines) is 1. The molecule has 1 aliphatic heterocycles. The summed E-state index contributed by atoms with van der Waals surface area (Å²) in [7, 11) is 0. The normalized spacial score (nSPS) is 16.7. The van der Waals surface area contributed by atoms with Crippen LogP contribution in [0.25, 0.3) is 0 Å². The number of aromatic nitrogens is 2. The van der Waals surface area contributed by atoms with Gasteiger partial charge in [-0.2, -0.15) is 0 Å². The molecule has 154 valence electrons. The molecule has 0 bridgehead atoms. The largest absolute Gasteiger partial charge is 0.445 e. The molecule has 2 amide bonds. The van der Waals surface area contributed by atoms with Crippen LogP contribution >= 0.6 is 0 Å². The first-order valence-electron chi connectivity index (χ1n) is 9.81. The second kappa shape index (κ2) is 8.55. The van der Waals surface area contributed by atoms with E-state index in [0.29, 0.717) is 31.7 Å². The number of hydrogen-bond donors (Lipinski definition) is 1. The van der Waals surface area contributed by atoms with Gasteiger partial charge in [-0.3, -0.25) is 19.4 Å². The number of rotatable bonds is 7. The van der Waals surface area contributed by atoms with Crippen LogP contribution in [0.5, 0.6) is 0 Å². The summed E-state index contributed by atoms with van der Waals surface area (Å²) in [5.74, 6) is -1.02. The van der Waals surface area contributed by atoms with Crippen molar-refractivity contribution in [1.29, 1.82) is 0 Å². The number of nitrogens with zero attached hydrogens (tertiary/aromatic N) is 3. The summed E-state index contributed by atoms with van der Waals surface area (Å²) >= 11 is 0. The molecular weight excluding hydrogens is 372 g/mol. The molecule has 1 unspecified atom stereocenters. The van der Waals surface area contributed by atoms with Crippen LogP contribution in [0.4, 0.5) is 0 Å². The molecule has 3 heterocycles. The molecule has 2 aromatic rings. The number of hydrogen-bond acceptors (Lipinski definition) is 6. The first-order chi connectivity index (χ1) is 13.8. The van der Waals surface area contributed by atoms with Crippen LogP contribution < -0.4 is 5.32 Å². The topological polar surface area (TPSA) is 105 Å². The highest BCUT2D eigenvalue weighted by Gasteiger charge is 2.41. The molecule has 0 aliphatic carbocycles. The van der Waals surface area contributed by atoms with E-state index in [4.69, 9.17) is 4.42 Å². The van der Waals surface area contributed by atoms with Gasteiger partial charge in [0, 0.05) is 30.9 Å². The molecule has 0 radical (unpaired) electrons. The van der Waals surface area contributed by atoms with Gasteiger partial charge in [0.1, 0.15) is 0 Å². The zero-order valence-electron chi connectivity index (χ0n) is 17.0. The van der Waals surface area contributed by atoms with Crippen molar-refractivity contribution in [3.63, 3.8) is 0 Å². The number of Topliss-reactive ketones (excluding diaryl/α,β-unsaturated/α-hetero) is 1. The van der Waals surface area contributed by atoms with E-state index in [1.54, 1.807) is 32.3 Å². The minimum Gasteiger partial charge on any atom is -0.445 e. The Morgan fingerprint density at radius 2 is 2.14 bits per heavy atom. The minimum absolute atomic E-state index is 0.140. The van der Waals surface area contributed by atoms with E-state index in [-0.39, 0.29) is 5.69 Å². The first kappa shape index (κ1) is 20.7. The van der Waals surface area contributed by atoms with Crippen molar-refractivity contribution in [2.45, 2.75) is 52.6 Å². The van der Waals surface area contributed by atoms with Gasteiger partial charge >= 0.3 is 0 Å². The number of ketones is 1. The Balaban J connectivity index is 1.75. The summed E-state index contributed by atoms with van der Waals surface area (Å²) in [4.78, 5) is 47.7. The number of nitrogens with one attached hydrogen (secondary N) is 1. The van der Waals surface area contributed by atoms with Gasteiger partial charge in [-0.25, -0.2) is 4.98 Å². The van der Waals surface area contributed by atoms with Crippen molar-refractivity contribution in [3.8, 4) is 0 Å². The van der Waals surface area contributed by atoms with Gasteiger partial charge in [-0.05, 0) is 30.9 Å². The van der Waals surface area contributed by atoms with Crippen LogP contribution in [0.1, 0.15) is 67.9 Å². The number of amides is 2. The zero-order valence-corrected chi connectivity index (χ0v) is 17.0. The summed E-state index contributed by atoms with van der Waals surface area (Å²) in [6.07, 6.45) is 6.45. The van der Waals surface area contributed by atoms with Gasteiger partial charge in [0.2, 0.25) is 5.78 Å². The Labute approximate surface area is 169 Å². The number of oxazole rings is 1. The minimum atomic E-state index is -0.727. The lowest BCUT2D eigenvalue weighted by Gasteiger charge is -2.27. The maximum atomic E-state index is 12.9. The number of carbonyl (C=O) groups excluding carboxylic acids is 3. The van der Waals surface area contributed by atoms with E-state index in [9.17, 15) is 14.4 Å². The molecule has 0 spiro atoms. The van der Waals surface area contributed by atoms with E-state index < -0.39 is 29.1 Å². The molecule has 29 heavy (non-hydrogen) atoms. The molecule has 1 fully saturated rings. The molecule has 1 saturated heterocycles. The van der Waals surface area contributed by atoms with Gasteiger partial charge in [-0.15, -0.1) is 0 Å². The van der Waals surface area contributed by atoms with Crippen molar-refractivity contribution in [3.05, 3.63) is 47.9 Å². The maximum Gasteiger partial charge on any atom is 0.291 e. The van der Waals surface area contributed by atoms with Crippen LogP contribution in [0.15, 0.2) is 35.3 Å². The fraction of sp³-hybridized carbons (Fsp3) is 0.476. The molecule has 3 rings (SSSR count). The van der Waals surface area contributed by atoms with Crippen LogP contribution in [0, 0.1) is 5.41 Å². The Morgan fingerprint density at radius 1 is 1.34 bits per heavy atom.